The van der Waals surface area contributed by atoms with Gasteiger partial charge in [-0.15, -0.1) is 0 Å². The molecule has 1 aromatic heterocycles. The van der Waals surface area contributed by atoms with Crippen LogP contribution in [0.3, 0.4) is 0 Å². The summed E-state index contributed by atoms with van der Waals surface area (Å²) in [6.45, 7) is 6.64. The number of rotatable bonds is 1. The Morgan fingerprint density at radius 3 is 2.91 bits per heavy atom. The minimum Gasteiger partial charge on any atom is -0.272 e. The Labute approximate surface area is 64.7 Å². The number of nitriles is 1. The maximum absolute atomic E-state index is 8.30. The van der Waals surface area contributed by atoms with Crippen LogP contribution >= 0.6 is 0 Å². The van der Waals surface area contributed by atoms with E-state index in [0.29, 0.717) is 17.8 Å². The van der Waals surface area contributed by atoms with Crippen LogP contribution in [0.2, 0.25) is 0 Å². The van der Waals surface area contributed by atoms with Gasteiger partial charge in [-0.05, 0) is 0 Å². The molecule has 0 fully saturated rings. The quantitative estimate of drug-likeness (QED) is 0.561. The third kappa shape index (κ3) is 1.77. The molecule has 0 saturated heterocycles. The van der Waals surface area contributed by atoms with Gasteiger partial charge in [0, 0.05) is 6.20 Å². The summed E-state index contributed by atoms with van der Waals surface area (Å²) in [5.74, 6) is 0. The highest BCUT2D eigenvalue weighted by molar-refractivity contribution is 5.41. The van der Waals surface area contributed by atoms with Gasteiger partial charge in [-0.3, -0.25) is 4.98 Å². The van der Waals surface area contributed by atoms with E-state index in [0.717, 1.165) is 0 Å². The molecule has 3 nitrogen and oxygen atoms in total. The second-order valence-corrected chi connectivity index (χ2v) is 1.95. The average Bonchev–Trinajstić information content (AvgIpc) is 2.07. The van der Waals surface area contributed by atoms with Gasteiger partial charge in [-0.1, -0.05) is 12.1 Å². The fraction of sp³-hybridized carbons (Fsp3) is 0.125. The van der Waals surface area contributed by atoms with Gasteiger partial charge in [0.2, 0.25) is 5.69 Å². The second-order valence-electron chi connectivity index (χ2n) is 1.95. The molecule has 3 heteroatoms. The predicted octanol–water partition coefficient (Wildman–Crippen LogP) is 1.70. The molecule has 1 heterocycles. The van der Waals surface area contributed by atoms with Crippen LogP contribution < -0.4 is 0 Å². The van der Waals surface area contributed by atoms with E-state index in [1.54, 1.807) is 12.1 Å². The third-order valence-electron chi connectivity index (χ3n) is 1.20. The molecular formula is C8H5N3. The van der Waals surface area contributed by atoms with Crippen LogP contribution in [0.25, 0.3) is 4.85 Å². The molecule has 0 aromatic carbocycles. The Balaban J connectivity index is 2.87. The van der Waals surface area contributed by atoms with Gasteiger partial charge in [0.05, 0.1) is 24.8 Å². The van der Waals surface area contributed by atoms with E-state index in [9.17, 15) is 0 Å². The molecule has 0 radical (unpaired) electrons. The fourth-order valence-corrected chi connectivity index (χ4v) is 0.668. The first kappa shape index (κ1) is 7.24. The van der Waals surface area contributed by atoms with E-state index in [2.05, 4.69) is 9.83 Å². The van der Waals surface area contributed by atoms with Crippen LogP contribution in [0.4, 0.5) is 5.69 Å². The van der Waals surface area contributed by atoms with Crippen molar-refractivity contribution in [2.75, 3.05) is 0 Å². The first-order valence-electron chi connectivity index (χ1n) is 3.06. The van der Waals surface area contributed by atoms with Crippen molar-refractivity contribution < 1.29 is 0 Å². The summed E-state index contributed by atoms with van der Waals surface area (Å²) in [4.78, 5) is 7.08. The molecule has 0 aliphatic carbocycles. The zero-order valence-corrected chi connectivity index (χ0v) is 5.78. The zero-order chi connectivity index (χ0) is 8.10. The summed E-state index contributed by atoms with van der Waals surface area (Å²) in [6, 6.07) is 5.33. The Kier molecular flexibility index (Phi) is 2.20. The van der Waals surface area contributed by atoms with Crippen molar-refractivity contribution in [2.45, 2.75) is 6.42 Å². The molecule has 1 rings (SSSR count). The smallest absolute Gasteiger partial charge is 0.205 e. The summed E-state index contributed by atoms with van der Waals surface area (Å²) in [5.41, 5.74) is 1.21. The number of aromatic nitrogens is 1. The van der Waals surface area contributed by atoms with Crippen molar-refractivity contribution in [1.29, 1.82) is 5.26 Å². The lowest BCUT2D eigenvalue weighted by Gasteiger charge is -1.91. The van der Waals surface area contributed by atoms with Gasteiger partial charge in [-0.2, -0.15) is 5.26 Å². The number of nitrogens with zero attached hydrogens (tertiary/aromatic N) is 3. The van der Waals surface area contributed by atoms with Crippen LogP contribution in [0.15, 0.2) is 18.3 Å². The van der Waals surface area contributed by atoms with Crippen LogP contribution in [0, 0.1) is 17.9 Å². The Morgan fingerprint density at radius 1 is 1.64 bits per heavy atom. The predicted molar refractivity (Wildman–Crippen MR) is 39.8 cm³/mol. The Morgan fingerprint density at radius 2 is 2.45 bits per heavy atom. The highest BCUT2D eigenvalue weighted by Crippen LogP contribution is 2.09. The molecule has 0 N–H and O–H groups in total. The van der Waals surface area contributed by atoms with E-state index in [1.807, 2.05) is 6.07 Å². The SMILES string of the molecule is [C-]#[N+]c1ccc(CC#N)nc1. The molecule has 0 aliphatic heterocycles. The molecule has 11 heavy (non-hydrogen) atoms. The molecule has 0 unspecified atom stereocenters. The van der Waals surface area contributed by atoms with Crippen LogP contribution in [-0.4, -0.2) is 4.98 Å². The monoisotopic (exact) mass is 143 g/mol. The summed E-state index contributed by atoms with van der Waals surface area (Å²) >= 11 is 0. The van der Waals surface area contributed by atoms with E-state index in [4.69, 9.17) is 11.8 Å². The second kappa shape index (κ2) is 3.34. The number of pyridine rings is 1. The first-order chi connectivity index (χ1) is 5.36. The lowest BCUT2D eigenvalue weighted by Crippen LogP contribution is -1.84. The van der Waals surface area contributed by atoms with Gasteiger partial charge < -0.3 is 0 Å². The van der Waals surface area contributed by atoms with Crippen LogP contribution in [0.5, 0.6) is 0 Å². The Hall–Kier alpha value is -1.87. The molecule has 52 valence electrons. The number of hydrogen-bond donors (Lipinski definition) is 0. The molecule has 0 amide bonds. The van der Waals surface area contributed by atoms with Gasteiger partial charge >= 0.3 is 0 Å². The lowest BCUT2D eigenvalue weighted by atomic mass is 10.3. The summed E-state index contributed by atoms with van der Waals surface area (Å²) in [6.07, 6.45) is 1.78. The van der Waals surface area contributed by atoms with Crippen molar-refractivity contribution in [3.63, 3.8) is 0 Å². The normalized spacial score (nSPS) is 8.18. The van der Waals surface area contributed by atoms with E-state index >= 15 is 0 Å². The fourth-order valence-electron chi connectivity index (χ4n) is 0.668. The largest absolute Gasteiger partial charge is 0.272 e. The molecule has 0 spiro atoms. The average molecular weight is 143 g/mol. The van der Waals surface area contributed by atoms with Crippen molar-refractivity contribution >= 4 is 5.69 Å². The molecule has 0 saturated carbocycles. The summed E-state index contributed by atoms with van der Waals surface area (Å²) in [7, 11) is 0. The highest BCUT2D eigenvalue weighted by Gasteiger charge is 1.92. The molecule has 0 atom stereocenters. The van der Waals surface area contributed by atoms with E-state index < -0.39 is 0 Å². The standard InChI is InChI=1S/C8H5N3/c1-10-8-3-2-7(4-5-9)11-6-8/h2-3,6H,4H2. The molecule has 0 bridgehead atoms. The topological polar surface area (TPSA) is 41.0 Å². The van der Waals surface area contributed by atoms with E-state index in [-0.39, 0.29) is 0 Å². The van der Waals surface area contributed by atoms with Gasteiger partial charge in [0.1, 0.15) is 0 Å². The molecular weight excluding hydrogens is 138 g/mol. The number of hydrogen-bond acceptors (Lipinski definition) is 2. The zero-order valence-electron chi connectivity index (χ0n) is 5.78. The Bertz CT molecular complexity index is 313. The maximum atomic E-state index is 8.30. The van der Waals surface area contributed by atoms with Crippen molar-refractivity contribution in [3.8, 4) is 6.07 Å². The van der Waals surface area contributed by atoms with Gasteiger partial charge in [-0.25, -0.2) is 4.85 Å². The van der Waals surface area contributed by atoms with Gasteiger partial charge in [0.25, 0.3) is 0 Å². The summed E-state index contributed by atoms with van der Waals surface area (Å²) < 4.78 is 0. The third-order valence-corrected chi connectivity index (χ3v) is 1.20. The van der Waals surface area contributed by atoms with Gasteiger partial charge in [0.15, 0.2) is 0 Å². The first-order valence-corrected chi connectivity index (χ1v) is 3.06. The van der Waals surface area contributed by atoms with Crippen molar-refractivity contribution in [2.24, 2.45) is 0 Å². The van der Waals surface area contributed by atoms with Crippen LogP contribution in [-0.2, 0) is 6.42 Å². The van der Waals surface area contributed by atoms with Crippen LogP contribution in [0.1, 0.15) is 5.69 Å². The highest BCUT2D eigenvalue weighted by atomic mass is 14.7. The van der Waals surface area contributed by atoms with Crippen molar-refractivity contribution in [1.82, 2.24) is 4.98 Å². The lowest BCUT2D eigenvalue weighted by molar-refractivity contribution is 1.12. The maximum Gasteiger partial charge on any atom is 0.205 e. The minimum absolute atomic E-state index is 0.304. The summed E-state index contributed by atoms with van der Waals surface area (Å²) in [5, 5.41) is 8.30. The molecule has 0 aliphatic rings. The van der Waals surface area contributed by atoms with E-state index in [1.165, 1.54) is 6.20 Å². The minimum atomic E-state index is 0.304. The van der Waals surface area contributed by atoms with Crippen molar-refractivity contribution in [3.05, 3.63) is 35.4 Å². The molecule has 1 aromatic rings.